The summed E-state index contributed by atoms with van der Waals surface area (Å²) in [5.41, 5.74) is 7.68. The SMILES string of the molecule is CN(C)c1ncccc1NC(=O)[C@H](N)Cc1ccccc1. The fourth-order valence-electron chi connectivity index (χ4n) is 2.04. The second kappa shape index (κ2) is 6.85. The fourth-order valence-corrected chi connectivity index (χ4v) is 2.04. The molecule has 1 atom stereocenters. The van der Waals surface area contributed by atoms with Crippen molar-refractivity contribution >= 4 is 17.4 Å². The number of hydrogen-bond donors (Lipinski definition) is 2. The number of nitrogens with zero attached hydrogens (tertiary/aromatic N) is 2. The van der Waals surface area contributed by atoms with E-state index < -0.39 is 6.04 Å². The zero-order valence-electron chi connectivity index (χ0n) is 12.3. The Morgan fingerprint density at radius 2 is 1.95 bits per heavy atom. The number of anilines is 2. The number of rotatable bonds is 5. The molecule has 0 aliphatic heterocycles. The van der Waals surface area contributed by atoms with E-state index in [-0.39, 0.29) is 5.91 Å². The number of hydrogen-bond acceptors (Lipinski definition) is 4. The molecule has 1 aromatic carbocycles. The summed E-state index contributed by atoms with van der Waals surface area (Å²) >= 11 is 0. The first kappa shape index (κ1) is 15.0. The molecule has 0 bridgehead atoms. The van der Waals surface area contributed by atoms with Gasteiger partial charge in [0.25, 0.3) is 0 Å². The van der Waals surface area contributed by atoms with E-state index in [2.05, 4.69) is 10.3 Å². The molecule has 0 unspecified atom stereocenters. The second-order valence-electron chi connectivity index (χ2n) is 5.05. The Balaban J connectivity index is 2.04. The molecule has 5 heteroatoms. The van der Waals surface area contributed by atoms with Crippen LogP contribution in [-0.4, -0.2) is 31.0 Å². The van der Waals surface area contributed by atoms with Crippen LogP contribution in [0.15, 0.2) is 48.7 Å². The van der Waals surface area contributed by atoms with Gasteiger partial charge in [-0.15, -0.1) is 0 Å². The van der Waals surface area contributed by atoms with Gasteiger partial charge in [0.05, 0.1) is 11.7 Å². The highest BCUT2D eigenvalue weighted by atomic mass is 16.2. The van der Waals surface area contributed by atoms with E-state index in [0.717, 1.165) is 5.56 Å². The average Bonchev–Trinajstić information content (AvgIpc) is 2.48. The lowest BCUT2D eigenvalue weighted by Gasteiger charge is -2.18. The lowest BCUT2D eigenvalue weighted by molar-refractivity contribution is -0.117. The van der Waals surface area contributed by atoms with E-state index in [4.69, 9.17) is 5.73 Å². The van der Waals surface area contributed by atoms with E-state index in [1.807, 2.05) is 55.4 Å². The van der Waals surface area contributed by atoms with E-state index in [1.165, 1.54) is 0 Å². The third-order valence-electron chi connectivity index (χ3n) is 3.10. The molecule has 0 saturated heterocycles. The van der Waals surface area contributed by atoms with Crippen LogP contribution in [0.1, 0.15) is 5.56 Å². The molecule has 5 nitrogen and oxygen atoms in total. The third kappa shape index (κ3) is 4.03. The van der Waals surface area contributed by atoms with Crippen LogP contribution in [-0.2, 0) is 11.2 Å². The molecular weight excluding hydrogens is 264 g/mol. The van der Waals surface area contributed by atoms with Gasteiger partial charge < -0.3 is 16.0 Å². The Labute approximate surface area is 124 Å². The van der Waals surface area contributed by atoms with Crippen LogP contribution in [0.25, 0.3) is 0 Å². The molecule has 3 N–H and O–H groups in total. The highest BCUT2D eigenvalue weighted by Crippen LogP contribution is 2.20. The van der Waals surface area contributed by atoms with Crippen molar-refractivity contribution in [1.29, 1.82) is 0 Å². The summed E-state index contributed by atoms with van der Waals surface area (Å²) in [6, 6.07) is 12.7. The number of carbonyl (C=O) groups excluding carboxylic acids is 1. The summed E-state index contributed by atoms with van der Waals surface area (Å²) < 4.78 is 0. The Morgan fingerprint density at radius 1 is 1.24 bits per heavy atom. The maximum absolute atomic E-state index is 12.2. The van der Waals surface area contributed by atoms with Gasteiger partial charge in [-0.3, -0.25) is 4.79 Å². The molecule has 1 amide bonds. The van der Waals surface area contributed by atoms with Crippen LogP contribution < -0.4 is 16.0 Å². The van der Waals surface area contributed by atoms with E-state index in [0.29, 0.717) is 17.9 Å². The van der Waals surface area contributed by atoms with Crippen molar-refractivity contribution in [2.75, 3.05) is 24.3 Å². The van der Waals surface area contributed by atoms with Crippen molar-refractivity contribution in [3.8, 4) is 0 Å². The molecule has 0 spiro atoms. The number of nitrogens with two attached hydrogens (primary N) is 1. The number of amides is 1. The average molecular weight is 284 g/mol. The molecule has 0 fully saturated rings. The highest BCUT2D eigenvalue weighted by molar-refractivity contribution is 5.97. The first-order valence-corrected chi connectivity index (χ1v) is 6.80. The largest absolute Gasteiger partial charge is 0.361 e. The van der Waals surface area contributed by atoms with Crippen LogP contribution in [0.3, 0.4) is 0 Å². The van der Waals surface area contributed by atoms with Crippen molar-refractivity contribution in [3.05, 3.63) is 54.2 Å². The molecule has 21 heavy (non-hydrogen) atoms. The molecule has 2 aromatic rings. The predicted molar refractivity (Wildman–Crippen MR) is 85.3 cm³/mol. The van der Waals surface area contributed by atoms with Crippen molar-refractivity contribution in [2.45, 2.75) is 12.5 Å². The van der Waals surface area contributed by atoms with E-state index >= 15 is 0 Å². The predicted octanol–water partition coefficient (Wildman–Crippen LogP) is 1.66. The van der Waals surface area contributed by atoms with Crippen LogP contribution >= 0.6 is 0 Å². The summed E-state index contributed by atoms with van der Waals surface area (Å²) in [6.07, 6.45) is 2.19. The second-order valence-corrected chi connectivity index (χ2v) is 5.05. The smallest absolute Gasteiger partial charge is 0.241 e. The number of nitrogens with one attached hydrogen (secondary N) is 1. The number of benzene rings is 1. The van der Waals surface area contributed by atoms with Gasteiger partial charge >= 0.3 is 0 Å². The number of carbonyl (C=O) groups is 1. The minimum Gasteiger partial charge on any atom is -0.361 e. The zero-order chi connectivity index (χ0) is 15.2. The minimum atomic E-state index is -0.595. The standard InChI is InChI=1S/C16H20N4O/c1-20(2)15-14(9-6-10-18-15)19-16(21)13(17)11-12-7-4-3-5-8-12/h3-10,13H,11,17H2,1-2H3,(H,19,21)/t13-/m1/s1. The Morgan fingerprint density at radius 3 is 2.62 bits per heavy atom. The maximum Gasteiger partial charge on any atom is 0.241 e. The Bertz CT molecular complexity index is 598. The summed E-state index contributed by atoms with van der Waals surface area (Å²) in [4.78, 5) is 18.3. The van der Waals surface area contributed by atoms with Gasteiger partial charge in [-0.2, -0.15) is 0 Å². The third-order valence-corrected chi connectivity index (χ3v) is 3.10. The van der Waals surface area contributed by atoms with Gasteiger partial charge in [-0.05, 0) is 24.1 Å². The van der Waals surface area contributed by atoms with Crippen molar-refractivity contribution in [3.63, 3.8) is 0 Å². The van der Waals surface area contributed by atoms with Gasteiger partial charge in [-0.1, -0.05) is 30.3 Å². The van der Waals surface area contributed by atoms with Crippen molar-refractivity contribution < 1.29 is 4.79 Å². The number of pyridine rings is 1. The maximum atomic E-state index is 12.2. The molecule has 1 aromatic heterocycles. The highest BCUT2D eigenvalue weighted by Gasteiger charge is 2.16. The van der Waals surface area contributed by atoms with Crippen LogP contribution in [0.4, 0.5) is 11.5 Å². The van der Waals surface area contributed by atoms with Gasteiger partial charge in [0.2, 0.25) is 5.91 Å². The number of aromatic nitrogens is 1. The lowest BCUT2D eigenvalue weighted by Crippen LogP contribution is -2.37. The molecule has 1 heterocycles. The molecule has 0 aliphatic rings. The van der Waals surface area contributed by atoms with Crippen molar-refractivity contribution in [2.24, 2.45) is 5.73 Å². The summed E-state index contributed by atoms with van der Waals surface area (Å²) in [7, 11) is 3.75. The molecule has 2 rings (SSSR count). The normalized spacial score (nSPS) is 11.8. The first-order chi connectivity index (χ1) is 10.1. The van der Waals surface area contributed by atoms with Crippen molar-refractivity contribution in [1.82, 2.24) is 4.98 Å². The molecule has 0 saturated carbocycles. The molecule has 0 radical (unpaired) electrons. The minimum absolute atomic E-state index is 0.213. The van der Waals surface area contributed by atoms with E-state index in [1.54, 1.807) is 12.3 Å². The van der Waals surface area contributed by atoms with Gasteiger partial charge in [0.1, 0.15) is 0 Å². The lowest BCUT2D eigenvalue weighted by atomic mass is 10.1. The summed E-state index contributed by atoms with van der Waals surface area (Å²) in [5.74, 6) is 0.493. The summed E-state index contributed by atoms with van der Waals surface area (Å²) in [6.45, 7) is 0. The van der Waals surface area contributed by atoms with Crippen LogP contribution in [0, 0.1) is 0 Å². The van der Waals surface area contributed by atoms with Gasteiger partial charge in [-0.25, -0.2) is 4.98 Å². The molecule has 0 aliphatic carbocycles. The summed E-state index contributed by atoms with van der Waals surface area (Å²) in [5, 5.41) is 2.84. The molecular formula is C16H20N4O. The quantitative estimate of drug-likeness (QED) is 0.876. The topological polar surface area (TPSA) is 71.2 Å². The van der Waals surface area contributed by atoms with E-state index in [9.17, 15) is 4.79 Å². The zero-order valence-corrected chi connectivity index (χ0v) is 12.3. The Kier molecular flexibility index (Phi) is 4.90. The Hall–Kier alpha value is -2.40. The van der Waals surface area contributed by atoms with Crippen LogP contribution in [0.2, 0.25) is 0 Å². The van der Waals surface area contributed by atoms with Crippen LogP contribution in [0.5, 0.6) is 0 Å². The van der Waals surface area contributed by atoms with Gasteiger partial charge in [0.15, 0.2) is 5.82 Å². The first-order valence-electron chi connectivity index (χ1n) is 6.80. The monoisotopic (exact) mass is 284 g/mol. The molecule has 110 valence electrons. The van der Waals surface area contributed by atoms with Gasteiger partial charge in [0, 0.05) is 20.3 Å². The fraction of sp³-hybridized carbons (Fsp3) is 0.250.